The first-order chi connectivity index (χ1) is 10.4. The smallest absolute Gasteiger partial charge is 0.253 e. The number of para-hydroxylation sites is 1. The second-order valence-corrected chi connectivity index (χ2v) is 8.52. The predicted octanol–water partition coefficient (Wildman–Crippen LogP) is 2.00. The maximum Gasteiger partial charge on any atom is 0.253 e. The Morgan fingerprint density at radius 3 is 2.55 bits per heavy atom. The second kappa shape index (κ2) is 5.57. The molecule has 1 aromatic rings. The molecule has 1 amide bonds. The van der Waals surface area contributed by atoms with E-state index in [0.29, 0.717) is 17.2 Å². The lowest BCUT2D eigenvalue weighted by Crippen LogP contribution is -2.39. The van der Waals surface area contributed by atoms with Crippen LogP contribution in [0, 0.1) is 11.8 Å². The molecule has 0 heterocycles. The number of rotatable bonds is 4. The van der Waals surface area contributed by atoms with Gasteiger partial charge in [0, 0.05) is 13.1 Å². The van der Waals surface area contributed by atoms with E-state index < -0.39 is 10.0 Å². The highest BCUT2D eigenvalue weighted by molar-refractivity contribution is 7.92. The summed E-state index contributed by atoms with van der Waals surface area (Å²) in [6.45, 7) is 0. The number of amides is 1. The van der Waals surface area contributed by atoms with Crippen molar-refractivity contribution in [1.29, 1.82) is 0 Å². The standard InChI is InChI=1S/C16H22N2O3S/c1-18(22(2,20)21)15-6-4-3-5-13(15)16(19)17-14-10-11-7-8-12(14)9-11/h3-6,11-12,14H,7-10H2,1-2H3,(H,17,19)/t11-,12-,14+/m0/s1. The van der Waals surface area contributed by atoms with Crippen LogP contribution in [-0.2, 0) is 10.0 Å². The molecule has 1 aromatic carbocycles. The van der Waals surface area contributed by atoms with Crippen molar-refractivity contribution in [3.05, 3.63) is 29.8 Å². The number of carbonyl (C=O) groups excluding carboxylic acids is 1. The summed E-state index contributed by atoms with van der Waals surface area (Å²) in [5.74, 6) is 1.17. The fraction of sp³-hybridized carbons (Fsp3) is 0.562. The Kier molecular flexibility index (Phi) is 3.89. The summed E-state index contributed by atoms with van der Waals surface area (Å²) in [6.07, 6.45) is 5.89. The van der Waals surface area contributed by atoms with Crippen LogP contribution in [0.2, 0.25) is 0 Å². The number of fused-ring (bicyclic) bond motifs is 2. The van der Waals surface area contributed by atoms with Crippen molar-refractivity contribution in [1.82, 2.24) is 5.32 Å². The lowest BCUT2D eigenvalue weighted by atomic mass is 9.95. The summed E-state index contributed by atoms with van der Waals surface area (Å²) < 4.78 is 24.7. The summed E-state index contributed by atoms with van der Waals surface area (Å²) in [6, 6.07) is 7.08. The van der Waals surface area contributed by atoms with E-state index in [1.807, 2.05) is 0 Å². The highest BCUT2D eigenvalue weighted by Gasteiger charge is 2.40. The molecule has 3 rings (SSSR count). The van der Waals surface area contributed by atoms with Crippen LogP contribution in [0.25, 0.3) is 0 Å². The average Bonchev–Trinajstić information content (AvgIpc) is 3.08. The molecule has 2 bridgehead atoms. The van der Waals surface area contributed by atoms with Gasteiger partial charge in [0.25, 0.3) is 5.91 Å². The first kappa shape index (κ1) is 15.3. The summed E-state index contributed by atoms with van der Waals surface area (Å²) in [5.41, 5.74) is 0.837. The third kappa shape index (κ3) is 2.84. The van der Waals surface area contributed by atoms with E-state index in [0.717, 1.165) is 22.9 Å². The summed E-state index contributed by atoms with van der Waals surface area (Å²) >= 11 is 0. The van der Waals surface area contributed by atoms with Crippen LogP contribution in [0.15, 0.2) is 24.3 Å². The van der Waals surface area contributed by atoms with Crippen molar-refractivity contribution in [3.63, 3.8) is 0 Å². The molecule has 0 unspecified atom stereocenters. The minimum Gasteiger partial charge on any atom is -0.349 e. The van der Waals surface area contributed by atoms with E-state index in [4.69, 9.17) is 0 Å². The van der Waals surface area contributed by atoms with Gasteiger partial charge in [-0.2, -0.15) is 0 Å². The molecule has 2 fully saturated rings. The van der Waals surface area contributed by atoms with Crippen molar-refractivity contribution in [3.8, 4) is 0 Å². The van der Waals surface area contributed by atoms with Gasteiger partial charge in [0.05, 0.1) is 17.5 Å². The lowest BCUT2D eigenvalue weighted by Gasteiger charge is -2.25. The average molecular weight is 322 g/mol. The van der Waals surface area contributed by atoms with Gasteiger partial charge < -0.3 is 5.32 Å². The van der Waals surface area contributed by atoms with Gasteiger partial charge in [0.15, 0.2) is 0 Å². The molecule has 6 heteroatoms. The van der Waals surface area contributed by atoms with Gasteiger partial charge in [0.2, 0.25) is 10.0 Å². The van der Waals surface area contributed by atoms with Gasteiger partial charge in [-0.1, -0.05) is 18.6 Å². The number of hydrogen-bond acceptors (Lipinski definition) is 3. The molecular weight excluding hydrogens is 300 g/mol. The maximum absolute atomic E-state index is 12.6. The molecule has 2 aliphatic carbocycles. The third-order valence-electron chi connectivity index (χ3n) is 5.04. The number of sulfonamides is 1. The van der Waals surface area contributed by atoms with E-state index in [2.05, 4.69) is 5.32 Å². The van der Waals surface area contributed by atoms with Crippen molar-refractivity contribution >= 4 is 21.6 Å². The van der Waals surface area contributed by atoms with E-state index >= 15 is 0 Å². The quantitative estimate of drug-likeness (QED) is 0.922. The molecule has 0 saturated heterocycles. The molecule has 1 N–H and O–H groups in total. The first-order valence-corrected chi connectivity index (χ1v) is 9.55. The zero-order valence-corrected chi connectivity index (χ0v) is 13.8. The molecule has 0 aliphatic heterocycles. The number of carbonyl (C=O) groups is 1. The zero-order chi connectivity index (χ0) is 15.9. The predicted molar refractivity (Wildman–Crippen MR) is 86.4 cm³/mol. The Morgan fingerprint density at radius 2 is 1.95 bits per heavy atom. The minimum atomic E-state index is -3.39. The molecule has 2 saturated carbocycles. The third-order valence-corrected chi connectivity index (χ3v) is 6.23. The Balaban J connectivity index is 1.81. The van der Waals surface area contributed by atoms with Crippen molar-refractivity contribution < 1.29 is 13.2 Å². The molecule has 3 atom stereocenters. The highest BCUT2D eigenvalue weighted by atomic mass is 32.2. The Labute approximate surface area is 131 Å². The van der Waals surface area contributed by atoms with Gasteiger partial charge in [0.1, 0.15) is 0 Å². The van der Waals surface area contributed by atoms with Crippen LogP contribution in [0.4, 0.5) is 5.69 Å². The van der Waals surface area contributed by atoms with Gasteiger partial charge in [-0.05, 0) is 43.2 Å². The molecule has 0 spiro atoms. The summed E-state index contributed by atoms with van der Waals surface area (Å²) in [5, 5.41) is 3.11. The van der Waals surface area contributed by atoms with Crippen LogP contribution in [-0.4, -0.2) is 33.7 Å². The number of hydrogen-bond donors (Lipinski definition) is 1. The molecule has 22 heavy (non-hydrogen) atoms. The van der Waals surface area contributed by atoms with Crippen LogP contribution in [0.3, 0.4) is 0 Å². The second-order valence-electron chi connectivity index (χ2n) is 6.50. The van der Waals surface area contributed by atoms with Crippen LogP contribution in [0.1, 0.15) is 36.0 Å². The van der Waals surface area contributed by atoms with Gasteiger partial charge in [-0.3, -0.25) is 9.10 Å². The number of anilines is 1. The van der Waals surface area contributed by atoms with E-state index in [9.17, 15) is 13.2 Å². The monoisotopic (exact) mass is 322 g/mol. The van der Waals surface area contributed by atoms with Crippen LogP contribution in [0.5, 0.6) is 0 Å². The Morgan fingerprint density at radius 1 is 1.23 bits per heavy atom. The van der Waals surface area contributed by atoms with E-state index in [-0.39, 0.29) is 11.9 Å². The largest absolute Gasteiger partial charge is 0.349 e. The molecule has 5 nitrogen and oxygen atoms in total. The van der Waals surface area contributed by atoms with Crippen LogP contribution < -0.4 is 9.62 Å². The molecule has 2 aliphatic rings. The molecule has 0 aromatic heterocycles. The summed E-state index contributed by atoms with van der Waals surface area (Å²) in [7, 11) is -1.92. The number of nitrogens with zero attached hydrogens (tertiary/aromatic N) is 1. The molecule has 120 valence electrons. The Hall–Kier alpha value is -1.56. The first-order valence-electron chi connectivity index (χ1n) is 7.70. The van der Waals surface area contributed by atoms with E-state index in [1.54, 1.807) is 24.3 Å². The topological polar surface area (TPSA) is 66.5 Å². The maximum atomic E-state index is 12.6. The highest BCUT2D eigenvalue weighted by Crippen LogP contribution is 2.44. The number of nitrogens with one attached hydrogen (secondary N) is 1. The van der Waals surface area contributed by atoms with E-state index in [1.165, 1.54) is 26.3 Å². The van der Waals surface area contributed by atoms with Crippen molar-refractivity contribution in [2.24, 2.45) is 11.8 Å². The van der Waals surface area contributed by atoms with Crippen molar-refractivity contribution in [2.45, 2.75) is 31.7 Å². The minimum absolute atomic E-state index is 0.177. The number of benzene rings is 1. The fourth-order valence-corrected chi connectivity index (χ4v) is 4.30. The zero-order valence-electron chi connectivity index (χ0n) is 13.0. The SMILES string of the molecule is CN(c1ccccc1C(=O)N[C@@H]1C[C@H]2CC[C@H]1C2)S(C)(=O)=O. The normalized spacial score (nSPS) is 26.9. The lowest BCUT2D eigenvalue weighted by molar-refractivity contribution is 0.0923. The van der Waals surface area contributed by atoms with Crippen molar-refractivity contribution in [2.75, 3.05) is 17.6 Å². The van der Waals surface area contributed by atoms with Crippen LogP contribution >= 0.6 is 0 Å². The molecular formula is C16H22N2O3S. The fourth-order valence-electron chi connectivity index (χ4n) is 3.79. The molecule has 0 radical (unpaired) electrons. The van der Waals surface area contributed by atoms with Gasteiger partial charge in [-0.25, -0.2) is 8.42 Å². The summed E-state index contributed by atoms with van der Waals surface area (Å²) in [4.78, 5) is 12.6. The Bertz CT molecular complexity index is 686. The van der Waals surface area contributed by atoms with Gasteiger partial charge >= 0.3 is 0 Å². The van der Waals surface area contributed by atoms with Gasteiger partial charge in [-0.15, -0.1) is 0 Å².